The summed E-state index contributed by atoms with van der Waals surface area (Å²) in [7, 11) is 4.39. The predicted octanol–water partition coefficient (Wildman–Crippen LogP) is 3.15. The zero-order valence-corrected chi connectivity index (χ0v) is 15.8. The minimum absolute atomic E-state index is 0.0379. The summed E-state index contributed by atoms with van der Waals surface area (Å²) in [6, 6.07) is 7.72. The average molecular weight is 385 g/mol. The standard InChI is InChI=1S/C20H19NO7/c1-10(22)21-12-5-6-14-13(9-12)17(23)18(24)19(28-14)11-7-15(25-2)20(27-4)16(8-11)26-3/h5-9,24H,1-4H3,(H,21,22). The highest BCUT2D eigenvalue weighted by molar-refractivity contribution is 5.92. The van der Waals surface area contributed by atoms with Gasteiger partial charge in [-0.3, -0.25) is 9.59 Å². The van der Waals surface area contributed by atoms with Gasteiger partial charge in [-0.25, -0.2) is 0 Å². The molecule has 1 aromatic heterocycles. The number of benzene rings is 2. The number of aromatic hydroxyl groups is 1. The molecule has 0 aliphatic rings. The zero-order chi connectivity index (χ0) is 20.4. The second kappa shape index (κ2) is 7.51. The maximum Gasteiger partial charge on any atom is 0.235 e. The molecule has 1 heterocycles. The second-order valence-corrected chi connectivity index (χ2v) is 5.92. The van der Waals surface area contributed by atoms with Gasteiger partial charge < -0.3 is 29.1 Å². The number of methoxy groups -OCH3 is 3. The van der Waals surface area contributed by atoms with E-state index in [-0.39, 0.29) is 22.6 Å². The number of nitrogens with one attached hydrogen (secondary N) is 1. The van der Waals surface area contributed by atoms with Gasteiger partial charge in [0.2, 0.25) is 22.8 Å². The molecule has 3 aromatic rings. The monoisotopic (exact) mass is 385 g/mol. The second-order valence-electron chi connectivity index (χ2n) is 5.92. The van der Waals surface area contributed by atoms with Crippen molar-refractivity contribution >= 4 is 22.6 Å². The van der Waals surface area contributed by atoms with Crippen LogP contribution in [-0.2, 0) is 4.79 Å². The average Bonchev–Trinajstić information content (AvgIpc) is 2.69. The van der Waals surface area contributed by atoms with Gasteiger partial charge in [0, 0.05) is 18.2 Å². The molecule has 8 nitrogen and oxygen atoms in total. The topological polar surface area (TPSA) is 107 Å². The molecule has 0 radical (unpaired) electrons. The first kappa shape index (κ1) is 19.1. The van der Waals surface area contributed by atoms with Crippen LogP contribution in [-0.4, -0.2) is 32.3 Å². The number of carbonyl (C=O) groups is 1. The van der Waals surface area contributed by atoms with Crippen molar-refractivity contribution in [3.05, 3.63) is 40.6 Å². The highest BCUT2D eigenvalue weighted by Gasteiger charge is 2.20. The molecule has 0 fully saturated rings. The van der Waals surface area contributed by atoms with E-state index in [2.05, 4.69) is 5.32 Å². The van der Waals surface area contributed by atoms with Crippen LogP contribution in [0.15, 0.2) is 39.5 Å². The van der Waals surface area contributed by atoms with Gasteiger partial charge >= 0.3 is 0 Å². The first-order valence-corrected chi connectivity index (χ1v) is 8.27. The summed E-state index contributed by atoms with van der Waals surface area (Å²) >= 11 is 0. The van der Waals surface area contributed by atoms with Crippen molar-refractivity contribution in [3.63, 3.8) is 0 Å². The lowest BCUT2D eigenvalue weighted by molar-refractivity contribution is -0.114. The van der Waals surface area contributed by atoms with Gasteiger partial charge in [0.25, 0.3) is 0 Å². The molecular weight excluding hydrogens is 366 g/mol. The third-order valence-corrected chi connectivity index (χ3v) is 4.11. The lowest BCUT2D eigenvalue weighted by atomic mass is 10.1. The van der Waals surface area contributed by atoms with Crippen LogP contribution in [0.4, 0.5) is 5.69 Å². The SMILES string of the molecule is COc1cc(-c2oc3ccc(NC(C)=O)cc3c(=O)c2O)cc(OC)c1OC. The Morgan fingerprint density at radius 1 is 1.04 bits per heavy atom. The van der Waals surface area contributed by atoms with Crippen LogP contribution in [0.2, 0.25) is 0 Å². The predicted molar refractivity (Wildman–Crippen MR) is 104 cm³/mol. The van der Waals surface area contributed by atoms with Crippen molar-refractivity contribution in [2.45, 2.75) is 6.92 Å². The Kier molecular flexibility index (Phi) is 5.12. The van der Waals surface area contributed by atoms with E-state index in [0.717, 1.165) is 0 Å². The first-order valence-electron chi connectivity index (χ1n) is 8.27. The summed E-state index contributed by atoms with van der Waals surface area (Å²) in [6.07, 6.45) is 0. The molecule has 3 rings (SSSR count). The molecule has 0 unspecified atom stereocenters. The van der Waals surface area contributed by atoms with Gasteiger partial charge in [0.15, 0.2) is 17.3 Å². The zero-order valence-electron chi connectivity index (χ0n) is 15.8. The number of hydrogen-bond acceptors (Lipinski definition) is 7. The number of ether oxygens (including phenoxy) is 3. The van der Waals surface area contributed by atoms with Gasteiger partial charge in [-0.1, -0.05) is 0 Å². The molecule has 28 heavy (non-hydrogen) atoms. The molecule has 0 saturated heterocycles. The van der Waals surface area contributed by atoms with E-state index in [1.54, 1.807) is 24.3 Å². The number of carbonyl (C=O) groups excluding carboxylic acids is 1. The summed E-state index contributed by atoms with van der Waals surface area (Å²) in [5, 5.41) is 13.2. The van der Waals surface area contributed by atoms with Crippen LogP contribution in [0, 0.1) is 0 Å². The number of amides is 1. The maximum atomic E-state index is 12.7. The fraction of sp³-hybridized carbons (Fsp3) is 0.200. The molecule has 0 atom stereocenters. The van der Waals surface area contributed by atoms with Crippen LogP contribution in [0.3, 0.4) is 0 Å². The van der Waals surface area contributed by atoms with Gasteiger partial charge in [-0.15, -0.1) is 0 Å². The number of anilines is 1. The van der Waals surface area contributed by atoms with E-state index >= 15 is 0 Å². The lowest BCUT2D eigenvalue weighted by Gasteiger charge is -2.14. The highest BCUT2D eigenvalue weighted by atomic mass is 16.5. The summed E-state index contributed by atoms with van der Waals surface area (Å²) < 4.78 is 21.7. The summed E-state index contributed by atoms with van der Waals surface area (Å²) in [4.78, 5) is 23.9. The summed E-state index contributed by atoms with van der Waals surface area (Å²) in [5.41, 5.74) is 0.419. The molecule has 0 saturated carbocycles. The highest BCUT2D eigenvalue weighted by Crippen LogP contribution is 2.43. The third kappa shape index (κ3) is 3.32. The minimum Gasteiger partial charge on any atom is -0.502 e. The molecule has 2 N–H and O–H groups in total. The Morgan fingerprint density at radius 3 is 2.21 bits per heavy atom. The Balaban J connectivity index is 2.23. The number of hydrogen-bond donors (Lipinski definition) is 2. The van der Waals surface area contributed by atoms with Crippen molar-refractivity contribution in [2.24, 2.45) is 0 Å². The van der Waals surface area contributed by atoms with E-state index < -0.39 is 11.2 Å². The number of fused-ring (bicyclic) bond motifs is 1. The van der Waals surface area contributed by atoms with Crippen molar-refractivity contribution < 1.29 is 28.5 Å². The first-order chi connectivity index (χ1) is 13.4. The van der Waals surface area contributed by atoms with Gasteiger partial charge in [-0.2, -0.15) is 0 Å². The van der Waals surface area contributed by atoms with Crippen molar-refractivity contribution in [1.29, 1.82) is 0 Å². The quantitative estimate of drug-likeness (QED) is 0.695. The normalized spacial score (nSPS) is 10.6. The summed E-state index contributed by atoms with van der Waals surface area (Å²) in [6.45, 7) is 1.36. The molecule has 0 aliphatic heterocycles. The van der Waals surface area contributed by atoms with E-state index in [1.807, 2.05) is 0 Å². The Hall–Kier alpha value is -3.68. The van der Waals surface area contributed by atoms with Crippen LogP contribution >= 0.6 is 0 Å². The molecular formula is C20H19NO7. The number of rotatable bonds is 5. The van der Waals surface area contributed by atoms with Gasteiger partial charge in [-0.05, 0) is 30.3 Å². The third-order valence-electron chi connectivity index (χ3n) is 4.11. The van der Waals surface area contributed by atoms with Crippen molar-refractivity contribution in [3.8, 4) is 34.3 Å². The molecule has 8 heteroatoms. The Morgan fingerprint density at radius 2 is 1.68 bits per heavy atom. The lowest BCUT2D eigenvalue weighted by Crippen LogP contribution is -2.07. The summed E-state index contributed by atoms with van der Waals surface area (Å²) in [5.74, 6) is 0.184. The van der Waals surface area contributed by atoms with Crippen LogP contribution < -0.4 is 25.0 Å². The van der Waals surface area contributed by atoms with E-state index in [4.69, 9.17) is 18.6 Å². The maximum absolute atomic E-state index is 12.7. The van der Waals surface area contributed by atoms with E-state index in [9.17, 15) is 14.7 Å². The fourth-order valence-electron chi connectivity index (χ4n) is 2.87. The molecule has 0 bridgehead atoms. The molecule has 1 amide bonds. The molecule has 0 spiro atoms. The molecule has 146 valence electrons. The molecule has 0 aliphatic carbocycles. The van der Waals surface area contributed by atoms with Crippen LogP contribution in [0.1, 0.15) is 6.92 Å². The van der Waals surface area contributed by atoms with Crippen LogP contribution in [0.25, 0.3) is 22.3 Å². The van der Waals surface area contributed by atoms with Crippen LogP contribution in [0.5, 0.6) is 23.0 Å². The Bertz CT molecular complexity index is 1090. The van der Waals surface area contributed by atoms with Gasteiger partial charge in [0.05, 0.1) is 26.7 Å². The van der Waals surface area contributed by atoms with Crippen molar-refractivity contribution in [1.82, 2.24) is 0 Å². The molecule has 2 aromatic carbocycles. The van der Waals surface area contributed by atoms with E-state index in [1.165, 1.54) is 34.3 Å². The van der Waals surface area contributed by atoms with Gasteiger partial charge in [0.1, 0.15) is 5.58 Å². The fourth-order valence-corrected chi connectivity index (χ4v) is 2.87. The minimum atomic E-state index is -0.628. The van der Waals surface area contributed by atoms with Crippen molar-refractivity contribution in [2.75, 3.05) is 26.6 Å². The smallest absolute Gasteiger partial charge is 0.235 e. The largest absolute Gasteiger partial charge is 0.502 e. The van der Waals surface area contributed by atoms with E-state index in [0.29, 0.717) is 28.5 Å². The Labute approximate surface area is 160 Å².